The van der Waals surface area contributed by atoms with Crippen LogP contribution in [-0.2, 0) is 19.9 Å². The van der Waals surface area contributed by atoms with Gasteiger partial charge in [0, 0.05) is 23.3 Å². The molecule has 3 rings (SSSR count). The van der Waals surface area contributed by atoms with Crippen LogP contribution in [0.4, 0.5) is 14.6 Å². The molecule has 0 saturated carbocycles. The highest BCUT2D eigenvalue weighted by molar-refractivity contribution is 7.92. The van der Waals surface area contributed by atoms with Crippen LogP contribution >= 0.6 is 23.2 Å². The minimum atomic E-state index is -4.43. The van der Waals surface area contributed by atoms with Crippen LogP contribution in [0.1, 0.15) is 16.4 Å². The van der Waals surface area contributed by atoms with Gasteiger partial charge in [0.1, 0.15) is 22.7 Å². The lowest BCUT2D eigenvalue weighted by Crippen LogP contribution is -2.26. The zero-order valence-electron chi connectivity index (χ0n) is 18.5. The number of sulfone groups is 1. The highest BCUT2D eigenvalue weighted by Crippen LogP contribution is 2.40. The molecule has 0 fully saturated rings. The van der Waals surface area contributed by atoms with E-state index >= 15 is 0 Å². The first-order chi connectivity index (χ1) is 16.3. The zero-order chi connectivity index (χ0) is 26.0. The third-order valence-corrected chi connectivity index (χ3v) is 8.79. The van der Waals surface area contributed by atoms with Gasteiger partial charge in [-0.05, 0) is 68.2 Å². The number of anilines is 1. The summed E-state index contributed by atoms with van der Waals surface area (Å²) in [5, 5.41) is -1.74. The van der Waals surface area contributed by atoms with Gasteiger partial charge in [0.25, 0.3) is 0 Å². The molecule has 3 aromatic rings. The van der Waals surface area contributed by atoms with E-state index in [0.717, 1.165) is 30.5 Å². The van der Waals surface area contributed by atoms with Gasteiger partial charge in [-0.1, -0.05) is 23.2 Å². The van der Waals surface area contributed by atoms with Crippen LogP contribution in [0.2, 0.25) is 10.0 Å². The molecule has 13 heteroatoms. The molecule has 1 N–H and O–H groups in total. The number of halogens is 4. The van der Waals surface area contributed by atoms with Crippen molar-refractivity contribution < 1.29 is 25.6 Å². The second kappa shape index (κ2) is 10.8. The molecule has 0 aliphatic heterocycles. The lowest BCUT2D eigenvalue weighted by atomic mass is 10.0. The van der Waals surface area contributed by atoms with Gasteiger partial charge >= 0.3 is 0 Å². The largest absolute Gasteiger partial charge is 0.308 e. The highest BCUT2D eigenvalue weighted by atomic mass is 35.5. The van der Waals surface area contributed by atoms with E-state index in [1.54, 1.807) is 19.0 Å². The number of pyridine rings is 1. The van der Waals surface area contributed by atoms with Crippen molar-refractivity contribution in [2.45, 2.75) is 10.1 Å². The Hall–Kier alpha value is -2.31. The van der Waals surface area contributed by atoms with Gasteiger partial charge in [-0.15, -0.1) is 0 Å². The third-order valence-electron chi connectivity index (χ3n) is 4.93. The Morgan fingerprint density at radius 3 is 2.26 bits per heavy atom. The van der Waals surface area contributed by atoms with Crippen molar-refractivity contribution in [3.05, 3.63) is 87.5 Å². The average Bonchev–Trinajstić information content (AvgIpc) is 2.77. The van der Waals surface area contributed by atoms with E-state index in [9.17, 15) is 25.6 Å². The number of hydrogen-bond acceptors (Lipinski definition) is 6. The van der Waals surface area contributed by atoms with Crippen LogP contribution in [-0.4, -0.2) is 53.1 Å². The molecule has 1 atom stereocenters. The average molecular weight is 564 g/mol. The van der Waals surface area contributed by atoms with Gasteiger partial charge in [0.05, 0.1) is 15.7 Å². The first-order valence-electron chi connectivity index (χ1n) is 10.1. The molecule has 0 radical (unpaired) electrons. The van der Waals surface area contributed by atoms with Gasteiger partial charge in [-0.2, -0.15) is 0 Å². The predicted octanol–water partition coefficient (Wildman–Crippen LogP) is 4.53. The molecule has 2 aromatic carbocycles. The summed E-state index contributed by atoms with van der Waals surface area (Å²) in [7, 11) is -4.88. The molecular formula is C22H21Cl2F2N3O4S2. The molecule has 7 nitrogen and oxygen atoms in total. The summed E-state index contributed by atoms with van der Waals surface area (Å²) in [6.45, 7) is 0.220. The van der Waals surface area contributed by atoms with E-state index in [-0.39, 0.29) is 38.6 Å². The van der Waals surface area contributed by atoms with Crippen molar-refractivity contribution in [2.75, 3.05) is 31.1 Å². The summed E-state index contributed by atoms with van der Waals surface area (Å²) in [4.78, 5) is 5.36. The SMILES string of the molecule is CN(C)CCS(=O)(=O)Nc1cc(C(c2cc(F)ccc2F)S(=O)(=O)c2ccc(Cl)cc2)c(Cl)cn1. The third kappa shape index (κ3) is 6.68. The quantitative estimate of drug-likeness (QED) is 0.410. The lowest BCUT2D eigenvalue weighted by Gasteiger charge is -2.21. The van der Waals surface area contributed by atoms with Gasteiger partial charge in [-0.25, -0.2) is 30.6 Å². The fourth-order valence-electron chi connectivity index (χ4n) is 3.20. The van der Waals surface area contributed by atoms with Gasteiger partial charge < -0.3 is 4.90 Å². The molecule has 1 heterocycles. The minimum Gasteiger partial charge on any atom is -0.308 e. The summed E-state index contributed by atoms with van der Waals surface area (Å²) >= 11 is 12.1. The Balaban J connectivity index is 2.18. The van der Waals surface area contributed by atoms with Crippen LogP contribution < -0.4 is 4.72 Å². The van der Waals surface area contributed by atoms with Crippen molar-refractivity contribution in [3.8, 4) is 0 Å². The predicted molar refractivity (Wildman–Crippen MR) is 132 cm³/mol. The van der Waals surface area contributed by atoms with Crippen molar-refractivity contribution in [1.82, 2.24) is 9.88 Å². The van der Waals surface area contributed by atoms with Gasteiger partial charge in [0.15, 0.2) is 9.84 Å². The summed E-state index contributed by atoms with van der Waals surface area (Å²) in [5.74, 6) is -2.34. The summed E-state index contributed by atoms with van der Waals surface area (Å²) in [6.07, 6.45) is 1.04. The van der Waals surface area contributed by atoms with Gasteiger partial charge in [-0.3, -0.25) is 4.72 Å². The van der Waals surface area contributed by atoms with E-state index in [2.05, 4.69) is 9.71 Å². The maximum absolute atomic E-state index is 14.9. The molecule has 0 spiro atoms. The van der Waals surface area contributed by atoms with Gasteiger partial charge in [0.2, 0.25) is 10.0 Å². The molecule has 0 saturated heterocycles. The smallest absolute Gasteiger partial charge is 0.235 e. The van der Waals surface area contributed by atoms with Crippen LogP contribution in [0, 0.1) is 11.6 Å². The normalized spacial score (nSPS) is 13.1. The number of nitrogens with zero attached hydrogens (tertiary/aromatic N) is 2. The second-order valence-electron chi connectivity index (χ2n) is 7.86. The number of rotatable bonds is 9. The van der Waals surface area contributed by atoms with Crippen molar-refractivity contribution in [2.24, 2.45) is 0 Å². The molecular weight excluding hydrogens is 543 g/mol. The van der Waals surface area contributed by atoms with Crippen LogP contribution in [0.25, 0.3) is 0 Å². The maximum atomic E-state index is 14.9. The zero-order valence-corrected chi connectivity index (χ0v) is 21.7. The maximum Gasteiger partial charge on any atom is 0.235 e. The lowest BCUT2D eigenvalue weighted by molar-refractivity contribution is 0.432. The number of benzene rings is 2. The topological polar surface area (TPSA) is 96.4 Å². The summed E-state index contributed by atoms with van der Waals surface area (Å²) < 4.78 is 83.5. The Labute approximate surface area is 212 Å². The summed E-state index contributed by atoms with van der Waals surface area (Å²) in [6, 6.07) is 8.63. The molecule has 0 aliphatic carbocycles. The Morgan fingerprint density at radius 2 is 1.63 bits per heavy atom. The Kier molecular flexibility index (Phi) is 8.38. The standard InChI is InChI=1S/C22H21Cl2F2N3O4S2/c1-29(2)9-10-34(30,31)28-21-12-17(19(24)13-27-21)22(18-11-15(25)5-8-20(18)26)35(32,33)16-6-3-14(23)4-7-16/h3-8,11-13,22H,9-10H2,1-2H3,(H,27,28). The molecule has 0 amide bonds. The highest BCUT2D eigenvalue weighted by Gasteiger charge is 2.35. The van der Waals surface area contributed by atoms with Crippen molar-refractivity contribution in [3.63, 3.8) is 0 Å². The second-order valence-corrected chi connectivity index (χ2v) is 12.6. The number of nitrogens with one attached hydrogen (secondary N) is 1. The monoisotopic (exact) mass is 563 g/mol. The van der Waals surface area contributed by atoms with E-state index in [1.807, 2.05) is 0 Å². The number of aromatic nitrogens is 1. The number of sulfonamides is 1. The minimum absolute atomic E-state index is 0.188. The molecule has 1 aromatic heterocycles. The molecule has 188 valence electrons. The van der Waals surface area contributed by atoms with E-state index in [0.29, 0.717) is 0 Å². The first-order valence-corrected chi connectivity index (χ1v) is 14.0. The number of hydrogen-bond donors (Lipinski definition) is 1. The van der Waals surface area contributed by atoms with Crippen LogP contribution in [0.3, 0.4) is 0 Å². The Bertz CT molecular complexity index is 1440. The van der Waals surface area contributed by atoms with Crippen LogP contribution in [0.5, 0.6) is 0 Å². The van der Waals surface area contributed by atoms with E-state index < -0.39 is 42.3 Å². The molecule has 0 bridgehead atoms. The Morgan fingerprint density at radius 1 is 0.971 bits per heavy atom. The fourth-order valence-corrected chi connectivity index (χ4v) is 6.57. The van der Waals surface area contributed by atoms with Crippen molar-refractivity contribution >= 4 is 48.9 Å². The molecule has 0 aliphatic rings. The van der Waals surface area contributed by atoms with Crippen molar-refractivity contribution in [1.29, 1.82) is 0 Å². The van der Waals surface area contributed by atoms with E-state index in [1.165, 1.54) is 24.3 Å². The van der Waals surface area contributed by atoms with E-state index in [4.69, 9.17) is 23.2 Å². The fraction of sp³-hybridized carbons (Fsp3) is 0.227. The first kappa shape index (κ1) is 27.3. The molecule has 35 heavy (non-hydrogen) atoms. The summed E-state index contributed by atoms with van der Waals surface area (Å²) in [5.41, 5.74) is -0.694. The molecule has 1 unspecified atom stereocenters. The van der Waals surface area contributed by atoms with Crippen LogP contribution in [0.15, 0.2) is 59.6 Å².